The fourth-order valence-electron chi connectivity index (χ4n) is 6.56. The Bertz CT molecular complexity index is 873. The molecule has 0 aliphatic carbocycles. The van der Waals surface area contributed by atoms with Gasteiger partial charge in [-0.3, -0.25) is 0 Å². The molecule has 0 N–H and O–H groups in total. The van der Waals surface area contributed by atoms with Gasteiger partial charge < -0.3 is 14.2 Å². The van der Waals surface area contributed by atoms with Crippen LogP contribution in [0.2, 0.25) is 0 Å². The van der Waals surface area contributed by atoms with Crippen LogP contribution in [0.5, 0.6) is 11.5 Å². The second-order valence-corrected chi connectivity index (χ2v) is 13.7. The molecule has 0 amide bonds. The van der Waals surface area contributed by atoms with Gasteiger partial charge in [-0.15, -0.1) is 0 Å². The topological polar surface area (TPSA) is 27.7 Å². The number of fused-ring (bicyclic) bond motifs is 3. The molecule has 3 rings (SSSR count). The molecular formula is C36H62O3. The Morgan fingerprint density at radius 2 is 1.23 bits per heavy atom. The minimum atomic E-state index is -0.184. The van der Waals surface area contributed by atoms with Crippen molar-refractivity contribution in [2.24, 2.45) is 11.8 Å². The maximum absolute atomic E-state index is 6.90. The predicted molar refractivity (Wildman–Crippen MR) is 166 cm³/mol. The van der Waals surface area contributed by atoms with Gasteiger partial charge in [-0.2, -0.15) is 0 Å². The van der Waals surface area contributed by atoms with Gasteiger partial charge in [0.05, 0.1) is 6.10 Å². The van der Waals surface area contributed by atoms with E-state index in [4.69, 9.17) is 14.2 Å². The first-order chi connectivity index (χ1) is 18.7. The van der Waals surface area contributed by atoms with Crippen LogP contribution in [0.25, 0.3) is 0 Å². The average molecular weight is 543 g/mol. The summed E-state index contributed by atoms with van der Waals surface area (Å²) in [4.78, 5) is 0. The van der Waals surface area contributed by atoms with Crippen molar-refractivity contribution in [1.82, 2.24) is 0 Å². The lowest BCUT2D eigenvalue weighted by Crippen LogP contribution is -2.40. The van der Waals surface area contributed by atoms with Gasteiger partial charge in [0.1, 0.15) is 17.1 Å². The third kappa shape index (κ3) is 8.88. The van der Waals surface area contributed by atoms with Crippen LogP contribution in [0.3, 0.4) is 0 Å². The van der Waals surface area contributed by atoms with Gasteiger partial charge in [-0.05, 0) is 63.5 Å². The molecule has 0 fully saturated rings. The number of rotatable bonds is 17. The van der Waals surface area contributed by atoms with E-state index in [0.29, 0.717) is 11.8 Å². The maximum atomic E-state index is 6.90. The fourth-order valence-corrected chi connectivity index (χ4v) is 6.56. The van der Waals surface area contributed by atoms with Crippen LogP contribution in [0, 0.1) is 25.7 Å². The summed E-state index contributed by atoms with van der Waals surface area (Å²) in [5.74, 6) is 2.89. The molecule has 0 aromatic heterocycles. The normalized spacial score (nSPS) is 22.5. The minimum Gasteiger partial charge on any atom is -0.487 e. The van der Waals surface area contributed by atoms with Crippen LogP contribution in [0.15, 0.2) is 0 Å². The van der Waals surface area contributed by atoms with Crippen molar-refractivity contribution in [3.05, 3.63) is 22.3 Å². The van der Waals surface area contributed by atoms with Crippen LogP contribution in [0.1, 0.15) is 173 Å². The number of benzene rings is 1. The van der Waals surface area contributed by atoms with Crippen LogP contribution < -0.4 is 9.47 Å². The van der Waals surface area contributed by atoms with Crippen molar-refractivity contribution < 1.29 is 14.2 Å². The van der Waals surface area contributed by atoms with E-state index >= 15 is 0 Å². The summed E-state index contributed by atoms with van der Waals surface area (Å²) in [6.45, 7) is 18.0. The highest BCUT2D eigenvalue weighted by atomic mass is 16.7. The molecule has 3 nitrogen and oxygen atoms in total. The molecule has 0 radical (unpaired) electrons. The molecule has 0 bridgehead atoms. The highest BCUT2D eigenvalue weighted by Crippen LogP contribution is 2.51. The van der Waals surface area contributed by atoms with E-state index in [-0.39, 0.29) is 18.0 Å². The first kappa shape index (κ1) is 32.3. The van der Waals surface area contributed by atoms with Gasteiger partial charge in [0.25, 0.3) is 0 Å². The van der Waals surface area contributed by atoms with Crippen molar-refractivity contribution >= 4 is 0 Å². The Hall–Kier alpha value is -1.22. The van der Waals surface area contributed by atoms with Crippen LogP contribution in [-0.2, 0) is 11.2 Å². The van der Waals surface area contributed by atoms with Crippen LogP contribution >= 0.6 is 0 Å². The first-order valence-corrected chi connectivity index (χ1v) is 16.9. The maximum Gasteiger partial charge on any atom is 0.202 e. The Balaban J connectivity index is 1.46. The molecule has 1 aromatic rings. The van der Waals surface area contributed by atoms with E-state index in [2.05, 4.69) is 55.4 Å². The molecule has 224 valence electrons. The highest BCUT2D eigenvalue weighted by molar-refractivity contribution is 5.61. The van der Waals surface area contributed by atoms with Gasteiger partial charge >= 0.3 is 0 Å². The lowest BCUT2D eigenvalue weighted by Gasteiger charge is -2.43. The van der Waals surface area contributed by atoms with E-state index in [1.165, 1.54) is 112 Å². The third-order valence-electron chi connectivity index (χ3n) is 9.35. The number of hydrogen-bond acceptors (Lipinski definition) is 3. The molecule has 2 aliphatic rings. The van der Waals surface area contributed by atoms with Crippen molar-refractivity contribution in [2.75, 3.05) is 0 Å². The van der Waals surface area contributed by atoms with Gasteiger partial charge in [-0.25, -0.2) is 0 Å². The Morgan fingerprint density at radius 3 is 1.74 bits per heavy atom. The SMILES string of the molecule is CCCCCCCCCCCCCCCCC1(C)CCc2c(c(C)c(C)c3c2[C@@H](C(C)C)O[C@H](C(C)C)O3)O1. The summed E-state index contributed by atoms with van der Waals surface area (Å²) in [5, 5.41) is 0. The molecule has 2 aliphatic heterocycles. The summed E-state index contributed by atoms with van der Waals surface area (Å²) in [7, 11) is 0. The van der Waals surface area contributed by atoms with E-state index in [1.54, 1.807) is 0 Å². The quantitative estimate of drug-likeness (QED) is 0.183. The van der Waals surface area contributed by atoms with Crippen molar-refractivity contribution in [1.29, 1.82) is 0 Å². The second-order valence-electron chi connectivity index (χ2n) is 13.7. The molecule has 0 spiro atoms. The molecule has 3 heteroatoms. The lowest BCUT2D eigenvalue weighted by atomic mass is 9.81. The average Bonchev–Trinajstić information content (AvgIpc) is 2.91. The van der Waals surface area contributed by atoms with Gasteiger partial charge in [0.15, 0.2) is 0 Å². The highest BCUT2D eigenvalue weighted by Gasteiger charge is 2.41. The Morgan fingerprint density at radius 1 is 0.718 bits per heavy atom. The van der Waals surface area contributed by atoms with Gasteiger partial charge in [0.2, 0.25) is 6.29 Å². The molecule has 0 saturated carbocycles. The fraction of sp³-hybridized carbons (Fsp3) is 0.833. The summed E-state index contributed by atoms with van der Waals surface area (Å²) in [5.41, 5.74) is 5.01. The molecule has 0 saturated heterocycles. The third-order valence-corrected chi connectivity index (χ3v) is 9.35. The zero-order chi connectivity index (χ0) is 28.4. The van der Waals surface area contributed by atoms with Gasteiger partial charge in [0, 0.05) is 17.0 Å². The molecule has 1 aromatic carbocycles. The zero-order valence-electron chi connectivity index (χ0n) is 27.1. The number of unbranched alkanes of at least 4 members (excludes halogenated alkanes) is 13. The summed E-state index contributed by atoms with van der Waals surface area (Å²) >= 11 is 0. The Labute approximate surface area is 242 Å². The number of hydrogen-bond donors (Lipinski definition) is 0. The first-order valence-electron chi connectivity index (χ1n) is 16.9. The molecule has 39 heavy (non-hydrogen) atoms. The molecular weight excluding hydrogens is 480 g/mol. The minimum absolute atomic E-state index is 0.0629. The summed E-state index contributed by atoms with van der Waals surface area (Å²) in [6, 6.07) is 0. The van der Waals surface area contributed by atoms with E-state index in [9.17, 15) is 0 Å². The predicted octanol–water partition coefficient (Wildman–Crippen LogP) is 11.3. The Kier molecular flexibility index (Phi) is 13.0. The van der Waals surface area contributed by atoms with Crippen molar-refractivity contribution in [2.45, 2.75) is 183 Å². The summed E-state index contributed by atoms with van der Waals surface area (Å²) in [6.07, 6.45) is 22.8. The van der Waals surface area contributed by atoms with E-state index < -0.39 is 0 Å². The molecule has 1 unspecified atom stereocenters. The standard InChI is InChI=1S/C36H62O3/c1-9-10-11-12-13-14-15-16-17-18-19-20-21-22-24-36(8)25-23-30-31-32(26(2)3)37-35(27(4)5)38-34(31)29(7)28(6)33(30)39-36/h26-27,32,35H,9-25H2,1-8H3/t32-,35+,36?/m1/s1. The largest absolute Gasteiger partial charge is 0.487 e. The second kappa shape index (κ2) is 15.7. The lowest BCUT2D eigenvalue weighted by molar-refractivity contribution is -0.175. The van der Waals surface area contributed by atoms with Crippen LogP contribution in [-0.4, -0.2) is 11.9 Å². The molecule has 3 atom stereocenters. The smallest absolute Gasteiger partial charge is 0.202 e. The molecule has 2 heterocycles. The number of ether oxygens (including phenoxy) is 3. The van der Waals surface area contributed by atoms with Crippen molar-refractivity contribution in [3.8, 4) is 11.5 Å². The van der Waals surface area contributed by atoms with E-state index in [0.717, 1.165) is 30.8 Å². The van der Waals surface area contributed by atoms with Crippen LogP contribution in [0.4, 0.5) is 0 Å². The summed E-state index contributed by atoms with van der Waals surface area (Å²) < 4.78 is 19.9. The van der Waals surface area contributed by atoms with E-state index in [1.807, 2.05) is 0 Å². The van der Waals surface area contributed by atoms with Gasteiger partial charge in [-0.1, -0.05) is 118 Å². The zero-order valence-corrected chi connectivity index (χ0v) is 27.1. The monoisotopic (exact) mass is 542 g/mol. The van der Waals surface area contributed by atoms with Crippen molar-refractivity contribution in [3.63, 3.8) is 0 Å².